The zero-order valence-corrected chi connectivity index (χ0v) is 20.6. The number of nitrogens with one attached hydrogen (secondary N) is 2. The van der Waals surface area contributed by atoms with Crippen molar-refractivity contribution in [3.05, 3.63) is 93.9 Å². The van der Waals surface area contributed by atoms with Crippen LogP contribution in [0.5, 0.6) is 5.75 Å². The van der Waals surface area contributed by atoms with Crippen molar-refractivity contribution in [2.24, 2.45) is 0 Å². The molecule has 10 nitrogen and oxygen atoms in total. The Labute approximate surface area is 220 Å². The fourth-order valence-corrected chi connectivity index (χ4v) is 4.79. The maximum atomic E-state index is 13.4. The van der Waals surface area contributed by atoms with Crippen LogP contribution in [-0.4, -0.2) is 44.1 Å². The van der Waals surface area contributed by atoms with Gasteiger partial charge in [0.2, 0.25) is 0 Å². The van der Waals surface area contributed by atoms with Crippen LogP contribution >= 0.6 is 0 Å². The summed E-state index contributed by atoms with van der Waals surface area (Å²) in [6.07, 6.45) is 2.68. The number of carboxylic acids is 1. The van der Waals surface area contributed by atoms with Crippen molar-refractivity contribution in [1.29, 1.82) is 0 Å². The van der Waals surface area contributed by atoms with Gasteiger partial charge < -0.3 is 20.5 Å². The van der Waals surface area contributed by atoms with Gasteiger partial charge in [0.1, 0.15) is 17.1 Å². The minimum absolute atomic E-state index is 0.0173. The van der Waals surface area contributed by atoms with Crippen LogP contribution < -0.4 is 15.4 Å². The van der Waals surface area contributed by atoms with Crippen molar-refractivity contribution in [3.63, 3.8) is 0 Å². The standard InChI is InChI=1S/C27H23F2N5O5/c1-14-17-7-8-20(19(17)6-5-18(14)26(37)38)33-25(36)22-12-21(32-23-9-10-31-34(22)23)24(35)30-13-15-3-2-4-16(11-15)39-27(28)29/h2-6,9-12,20,27H,7-8,13H2,1H3,(H,30,35)(H,33,36)(H,37,38)/t20-/m0/s1. The number of amides is 2. The highest BCUT2D eigenvalue weighted by molar-refractivity contribution is 5.98. The van der Waals surface area contributed by atoms with E-state index in [1.807, 2.05) is 0 Å². The molecule has 1 atom stereocenters. The quantitative estimate of drug-likeness (QED) is 0.313. The number of carboxylic acid groups (broad SMARTS) is 1. The summed E-state index contributed by atoms with van der Waals surface area (Å²) in [5.41, 5.74) is 3.56. The Morgan fingerprint density at radius 3 is 2.74 bits per heavy atom. The van der Waals surface area contributed by atoms with Crippen LogP contribution in [0, 0.1) is 6.92 Å². The van der Waals surface area contributed by atoms with E-state index in [4.69, 9.17) is 0 Å². The smallest absolute Gasteiger partial charge is 0.387 e. The molecule has 4 aromatic rings. The number of aromatic carboxylic acids is 1. The molecule has 0 saturated carbocycles. The highest BCUT2D eigenvalue weighted by Crippen LogP contribution is 2.35. The average Bonchev–Trinajstić information content (AvgIpc) is 3.54. The summed E-state index contributed by atoms with van der Waals surface area (Å²) in [4.78, 5) is 42.0. The molecule has 0 spiro atoms. The number of ether oxygens (including phenoxy) is 1. The second-order valence-electron chi connectivity index (χ2n) is 9.01. The summed E-state index contributed by atoms with van der Waals surface area (Å²) in [6.45, 7) is -1.19. The third-order valence-electron chi connectivity index (χ3n) is 6.63. The molecule has 1 aliphatic carbocycles. The Hall–Kier alpha value is -4.87. The fraction of sp³-hybridized carbons (Fsp3) is 0.222. The molecule has 1 aliphatic rings. The second-order valence-corrected chi connectivity index (χ2v) is 9.01. The van der Waals surface area contributed by atoms with E-state index in [2.05, 4.69) is 25.5 Å². The predicted molar refractivity (Wildman–Crippen MR) is 134 cm³/mol. The van der Waals surface area contributed by atoms with Crippen LogP contribution in [0.15, 0.2) is 54.7 Å². The normalized spacial score (nSPS) is 14.3. The van der Waals surface area contributed by atoms with Gasteiger partial charge in [-0.25, -0.2) is 14.3 Å². The third-order valence-corrected chi connectivity index (χ3v) is 6.63. The predicted octanol–water partition coefficient (Wildman–Crippen LogP) is 3.68. The molecule has 2 aromatic carbocycles. The third kappa shape index (κ3) is 5.26. The van der Waals surface area contributed by atoms with Crippen molar-refractivity contribution in [2.75, 3.05) is 0 Å². The number of alkyl halides is 2. The molecular formula is C27H23F2N5O5. The monoisotopic (exact) mass is 535 g/mol. The molecule has 2 aromatic heterocycles. The molecule has 39 heavy (non-hydrogen) atoms. The van der Waals surface area contributed by atoms with Gasteiger partial charge in [0, 0.05) is 18.7 Å². The fourth-order valence-electron chi connectivity index (χ4n) is 4.79. The lowest BCUT2D eigenvalue weighted by Gasteiger charge is -2.16. The minimum Gasteiger partial charge on any atom is -0.478 e. The van der Waals surface area contributed by atoms with E-state index >= 15 is 0 Å². The molecule has 3 N–H and O–H groups in total. The van der Waals surface area contributed by atoms with E-state index in [1.165, 1.54) is 41.0 Å². The Bertz CT molecular complexity index is 1600. The van der Waals surface area contributed by atoms with Gasteiger partial charge in [-0.05, 0) is 60.2 Å². The molecule has 12 heteroatoms. The molecule has 2 heterocycles. The van der Waals surface area contributed by atoms with E-state index in [0.717, 1.165) is 11.1 Å². The van der Waals surface area contributed by atoms with Gasteiger partial charge in [0.05, 0.1) is 17.8 Å². The molecule has 0 bridgehead atoms. The zero-order valence-electron chi connectivity index (χ0n) is 20.6. The zero-order chi connectivity index (χ0) is 27.7. The van der Waals surface area contributed by atoms with Crippen LogP contribution in [0.1, 0.15) is 66.1 Å². The number of hydrogen-bond donors (Lipinski definition) is 3. The number of carbonyl (C=O) groups is 3. The van der Waals surface area contributed by atoms with Crippen LogP contribution in [0.3, 0.4) is 0 Å². The van der Waals surface area contributed by atoms with Crippen LogP contribution in [-0.2, 0) is 13.0 Å². The molecule has 0 radical (unpaired) electrons. The lowest BCUT2D eigenvalue weighted by atomic mass is 9.98. The van der Waals surface area contributed by atoms with Gasteiger partial charge in [-0.15, -0.1) is 0 Å². The Morgan fingerprint density at radius 2 is 1.97 bits per heavy atom. The van der Waals surface area contributed by atoms with Crippen LogP contribution in [0.2, 0.25) is 0 Å². The molecule has 0 aliphatic heterocycles. The summed E-state index contributed by atoms with van der Waals surface area (Å²) in [6, 6.07) is 11.8. The largest absolute Gasteiger partial charge is 0.478 e. The van der Waals surface area contributed by atoms with Gasteiger partial charge >= 0.3 is 12.6 Å². The molecule has 5 rings (SSSR count). The van der Waals surface area contributed by atoms with Gasteiger partial charge in [0.25, 0.3) is 11.8 Å². The topological polar surface area (TPSA) is 135 Å². The van der Waals surface area contributed by atoms with Crippen molar-refractivity contribution in [1.82, 2.24) is 25.2 Å². The first kappa shape index (κ1) is 25.8. The van der Waals surface area contributed by atoms with Gasteiger partial charge in [-0.2, -0.15) is 13.9 Å². The molecule has 0 unspecified atom stereocenters. The van der Waals surface area contributed by atoms with Gasteiger partial charge in [-0.1, -0.05) is 18.2 Å². The second kappa shape index (κ2) is 10.5. The molecule has 0 fully saturated rings. The van der Waals surface area contributed by atoms with Crippen molar-refractivity contribution in [2.45, 2.75) is 39.0 Å². The van der Waals surface area contributed by atoms with E-state index in [-0.39, 0.29) is 40.9 Å². The molecule has 2 amide bonds. The number of benzene rings is 2. The highest BCUT2D eigenvalue weighted by atomic mass is 19.3. The Morgan fingerprint density at radius 1 is 1.15 bits per heavy atom. The van der Waals surface area contributed by atoms with Crippen molar-refractivity contribution >= 4 is 23.4 Å². The lowest BCUT2D eigenvalue weighted by molar-refractivity contribution is -0.0499. The van der Waals surface area contributed by atoms with Crippen LogP contribution in [0.4, 0.5) is 8.78 Å². The summed E-state index contributed by atoms with van der Waals surface area (Å²) in [7, 11) is 0. The number of hydrogen-bond acceptors (Lipinski definition) is 6. The van der Waals surface area contributed by atoms with E-state index in [1.54, 1.807) is 25.1 Å². The number of nitrogens with zero attached hydrogens (tertiary/aromatic N) is 3. The lowest BCUT2D eigenvalue weighted by Crippen LogP contribution is -2.30. The van der Waals surface area contributed by atoms with Crippen molar-refractivity contribution in [3.8, 4) is 5.75 Å². The Balaban J connectivity index is 1.35. The summed E-state index contributed by atoms with van der Waals surface area (Å²) in [5.74, 6) is -2.08. The number of halogens is 2. The summed E-state index contributed by atoms with van der Waals surface area (Å²) < 4.78 is 30.7. The molecule has 200 valence electrons. The van der Waals surface area contributed by atoms with Gasteiger partial charge in [-0.3, -0.25) is 9.59 Å². The molecule has 0 saturated heterocycles. The maximum Gasteiger partial charge on any atom is 0.387 e. The highest BCUT2D eigenvalue weighted by Gasteiger charge is 2.28. The van der Waals surface area contributed by atoms with E-state index in [9.17, 15) is 28.3 Å². The van der Waals surface area contributed by atoms with Gasteiger partial charge in [0.15, 0.2) is 5.65 Å². The number of rotatable bonds is 8. The number of aromatic nitrogens is 3. The molecular weight excluding hydrogens is 512 g/mol. The maximum absolute atomic E-state index is 13.4. The summed E-state index contributed by atoms with van der Waals surface area (Å²) >= 11 is 0. The minimum atomic E-state index is -2.96. The van der Waals surface area contributed by atoms with Crippen LogP contribution in [0.25, 0.3) is 5.65 Å². The average molecular weight is 536 g/mol. The Kier molecular flexibility index (Phi) is 6.92. The van der Waals surface area contributed by atoms with E-state index < -0.39 is 24.4 Å². The first-order chi connectivity index (χ1) is 18.7. The number of carbonyl (C=O) groups excluding carboxylic acids is 2. The van der Waals surface area contributed by atoms with E-state index in [0.29, 0.717) is 24.0 Å². The summed E-state index contributed by atoms with van der Waals surface area (Å²) in [5, 5.41) is 19.2. The first-order valence-corrected chi connectivity index (χ1v) is 12.0. The van der Waals surface area contributed by atoms with Crippen molar-refractivity contribution < 1.29 is 33.0 Å². The first-order valence-electron chi connectivity index (χ1n) is 12.0. The SMILES string of the molecule is Cc1c(C(=O)O)ccc2c1CC[C@@H]2NC(=O)c1cc(C(=O)NCc2cccc(OC(F)F)c2)nc2ccnn12. The number of fused-ring (bicyclic) bond motifs is 2.